The van der Waals surface area contributed by atoms with E-state index in [0.29, 0.717) is 5.56 Å². The van der Waals surface area contributed by atoms with E-state index in [9.17, 15) is 13.2 Å². The fourth-order valence-electron chi connectivity index (χ4n) is 4.79. The first-order chi connectivity index (χ1) is 13.5. The Labute approximate surface area is 161 Å². The number of halogens is 3. The van der Waals surface area contributed by atoms with Gasteiger partial charge in [0, 0.05) is 5.92 Å². The highest BCUT2D eigenvalue weighted by Crippen LogP contribution is 2.44. The van der Waals surface area contributed by atoms with Crippen LogP contribution in [-0.4, -0.2) is 0 Å². The molecule has 0 saturated carbocycles. The molecule has 140 valence electrons. The summed E-state index contributed by atoms with van der Waals surface area (Å²) in [5.41, 5.74) is 2.14. The monoisotopic (exact) mass is 376 g/mol. The van der Waals surface area contributed by atoms with Gasteiger partial charge in [0.05, 0.1) is 5.56 Å². The average molecular weight is 376 g/mol. The van der Waals surface area contributed by atoms with Crippen molar-refractivity contribution in [1.29, 1.82) is 0 Å². The molecular weight excluding hydrogens is 357 g/mol. The minimum Gasteiger partial charge on any atom is -0.166 e. The maximum absolute atomic E-state index is 13.6. The lowest BCUT2D eigenvalue weighted by Gasteiger charge is -2.29. The van der Waals surface area contributed by atoms with E-state index in [0.717, 1.165) is 24.8 Å². The summed E-state index contributed by atoms with van der Waals surface area (Å²) in [4.78, 5) is 0. The molecule has 1 unspecified atom stereocenters. The highest BCUT2D eigenvalue weighted by atomic mass is 19.4. The van der Waals surface area contributed by atoms with Crippen LogP contribution in [0.15, 0.2) is 72.8 Å². The second kappa shape index (κ2) is 6.37. The van der Waals surface area contributed by atoms with Crippen molar-refractivity contribution < 1.29 is 13.2 Å². The van der Waals surface area contributed by atoms with E-state index >= 15 is 0 Å². The fourth-order valence-corrected chi connectivity index (χ4v) is 4.79. The van der Waals surface area contributed by atoms with Crippen LogP contribution >= 0.6 is 0 Å². The Hall–Kier alpha value is -2.81. The summed E-state index contributed by atoms with van der Waals surface area (Å²) in [6.07, 6.45) is -1.77. The standard InChI is InChI=1S/C25H19F3/c26-25(27,28)24-11-4-3-8-23(24)19-10-5-9-18-21-13-12-16-6-1-2-7-17(16)20(21)14-15-22(18)19/h1-4,6-8,11-15,19H,5,9-10H2. The van der Waals surface area contributed by atoms with E-state index < -0.39 is 11.7 Å². The van der Waals surface area contributed by atoms with Crippen LogP contribution in [0.2, 0.25) is 0 Å². The molecule has 0 aliphatic heterocycles. The summed E-state index contributed by atoms with van der Waals surface area (Å²) in [7, 11) is 0. The van der Waals surface area contributed by atoms with Crippen molar-refractivity contribution in [3.8, 4) is 0 Å². The predicted molar refractivity (Wildman–Crippen MR) is 108 cm³/mol. The van der Waals surface area contributed by atoms with Gasteiger partial charge in [-0.05, 0) is 63.6 Å². The Balaban J connectivity index is 1.74. The van der Waals surface area contributed by atoms with Gasteiger partial charge in [-0.1, -0.05) is 66.7 Å². The van der Waals surface area contributed by atoms with Crippen LogP contribution in [-0.2, 0) is 12.6 Å². The number of alkyl halides is 3. The molecule has 0 bridgehead atoms. The van der Waals surface area contributed by atoms with Crippen LogP contribution < -0.4 is 0 Å². The number of aryl methyl sites for hydroxylation is 1. The summed E-state index contributed by atoms with van der Waals surface area (Å²) >= 11 is 0. The fraction of sp³-hybridized carbons (Fsp3) is 0.200. The van der Waals surface area contributed by atoms with Gasteiger partial charge < -0.3 is 0 Å². The SMILES string of the molecule is FC(F)(F)c1ccccc1C1CCCc2c1ccc1c2ccc2ccccc21. The third-order valence-electron chi connectivity index (χ3n) is 6.01. The van der Waals surface area contributed by atoms with Gasteiger partial charge in [0.1, 0.15) is 0 Å². The molecule has 0 fully saturated rings. The summed E-state index contributed by atoms with van der Waals surface area (Å²) in [6, 6.07) is 22.7. The van der Waals surface area contributed by atoms with Crippen LogP contribution in [0.3, 0.4) is 0 Å². The molecule has 0 saturated heterocycles. The van der Waals surface area contributed by atoms with E-state index in [2.05, 4.69) is 36.4 Å². The first-order valence-corrected chi connectivity index (χ1v) is 9.63. The lowest BCUT2D eigenvalue weighted by atomic mass is 9.75. The van der Waals surface area contributed by atoms with E-state index in [4.69, 9.17) is 0 Å². The molecule has 4 aromatic rings. The summed E-state index contributed by atoms with van der Waals surface area (Å²) < 4.78 is 40.8. The van der Waals surface area contributed by atoms with Gasteiger partial charge in [-0.2, -0.15) is 13.2 Å². The molecule has 3 heteroatoms. The molecular formula is C25H19F3. The largest absolute Gasteiger partial charge is 0.416 e. The van der Waals surface area contributed by atoms with Gasteiger partial charge in [0.15, 0.2) is 0 Å². The molecule has 1 atom stereocenters. The van der Waals surface area contributed by atoms with Gasteiger partial charge >= 0.3 is 6.18 Å². The molecule has 0 N–H and O–H groups in total. The Kier molecular flexibility index (Phi) is 3.94. The molecule has 0 nitrogen and oxygen atoms in total. The zero-order valence-electron chi connectivity index (χ0n) is 15.3. The van der Waals surface area contributed by atoms with Crippen molar-refractivity contribution in [2.75, 3.05) is 0 Å². The highest BCUT2D eigenvalue weighted by Gasteiger charge is 2.36. The van der Waals surface area contributed by atoms with Crippen LogP contribution in [0.5, 0.6) is 0 Å². The molecule has 0 spiro atoms. The lowest BCUT2D eigenvalue weighted by molar-refractivity contribution is -0.138. The quantitative estimate of drug-likeness (QED) is 0.302. The second-order valence-electron chi connectivity index (χ2n) is 7.54. The van der Waals surface area contributed by atoms with Crippen LogP contribution in [0.1, 0.15) is 41.0 Å². The van der Waals surface area contributed by atoms with Crippen molar-refractivity contribution in [1.82, 2.24) is 0 Å². The third kappa shape index (κ3) is 2.69. The number of hydrogen-bond acceptors (Lipinski definition) is 0. The van der Waals surface area contributed by atoms with Gasteiger partial charge in [-0.3, -0.25) is 0 Å². The van der Waals surface area contributed by atoms with Gasteiger partial charge in [0.25, 0.3) is 0 Å². The summed E-state index contributed by atoms with van der Waals surface area (Å²) in [5, 5.41) is 4.73. The number of rotatable bonds is 1. The Morgan fingerprint density at radius 3 is 2.29 bits per heavy atom. The second-order valence-corrected chi connectivity index (χ2v) is 7.54. The number of benzene rings is 4. The predicted octanol–water partition coefficient (Wildman–Crippen LogP) is 7.48. The highest BCUT2D eigenvalue weighted by molar-refractivity contribution is 6.08. The molecule has 5 rings (SSSR count). The topological polar surface area (TPSA) is 0 Å². The van der Waals surface area contributed by atoms with Gasteiger partial charge in [0.2, 0.25) is 0 Å². The van der Waals surface area contributed by atoms with Gasteiger partial charge in [-0.25, -0.2) is 0 Å². The number of hydrogen-bond donors (Lipinski definition) is 0. The van der Waals surface area contributed by atoms with E-state index in [1.165, 1.54) is 39.2 Å². The number of fused-ring (bicyclic) bond motifs is 5. The molecule has 1 aliphatic carbocycles. The van der Waals surface area contributed by atoms with Crippen molar-refractivity contribution in [2.45, 2.75) is 31.4 Å². The molecule has 28 heavy (non-hydrogen) atoms. The molecule has 0 heterocycles. The maximum atomic E-state index is 13.6. The molecule has 0 aromatic heterocycles. The minimum atomic E-state index is -4.33. The van der Waals surface area contributed by atoms with Gasteiger partial charge in [-0.15, -0.1) is 0 Å². The Bertz CT molecular complexity index is 1190. The lowest BCUT2D eigenvalue weighted by Crippen LogP contribution is -2.17. The Morgan fingerprint density at radius 1 is 0.679 bits per heavy atom. The Morgan fingerprint density at radius 2 is 1.43 bits per heavy atom. The van der Waals surface area contributed by atoms with E-state index in [1.807, 2.05) is 12.1 Å². The van der Waals surface area contributed by atoms with Crippen molar-refractivity contribution in [3.63, 3.8) is 0 Å². The smallest absolute Gasteiger partial charge is 0.166 e. The first kappa shape index (κ1) is 17.3. The van der Waals surface area contributed by atoms with Crippen molar-refractivity contribution in [3.05, 3.63) is 95.1 Å². The molecule has 4 aromatic carbocycles. The summed E-state index contributed by atoms with van der Waals surface area (Å²) in [5.74, 6) is -0.211. The normalized spacial score (nSPS) is 17.0. The maximum Gasteiger partial charge on any atom is 0.416 e. The van der Waals surface area contributed by atoms with Crippen LogP contribution in [0.25, 0.3) is 21.5 Å². The van der Waals surface area contributed by atoms with Crippen LogP contribution in [0.4, 0.5) is 13.2 Å². The molecule has 0 radical (unpaired) electrons. The first-order valence-electron chi connectivity index (χ1n) is 9.63. The minimum absolute atomic E-state index is 0.211. The van der Waals surface area contributed by atoms with E-state index in [-0.39, 0.29) is 5.92 Å². The molecule has 0 amide bonds. The van der Waals surface area contributed by atoms with Crippen molar-refractivity contribution in [2.24, 2.45) is 0 Å². The molecule has 1 aliphatic rings. The summed E-state index contributed by atoms with van der Waals surface area (Å²) in [6.45, 7) is 0. The zero-order valence-corrected chi connectivity index (χ0v) is 15.3. The third-order valence-corrected chi connectivity index (χ3v) is 6.01. The van der Waals surface area contributed by atoms with E-state index in [1.54, 1.807) is 12.1 Å². The average Bonchev–Trinajstić information content (AvgIpc) is 2.72. The zero-order chi connectivity index (χ0) is 19.3. The van der Waals surface area contributed by atoms with Crippen LogP contribution in [0, 0.1) is 0 Å². The van der Waals surface area contributed by atoms with Crippen molar-refractivity contribution >= 4 is 21.5 Å².